The van der Waals surface area contributed by atoms with Crippen LogP contribution in [0.25, 0.3) is 0 Å². The smallest absolute Gasteiger partial charge is 0.306 e. The topological polar surface area (TPSA) is 78.9 Å². The van der Waals surface area contributed by atoms with Gasteiger partial charge in [-0.1, -0.05) is 199 Å². The molecule has 66 heavy (non-hydrogen) atoms. The van der Waals surface area contributed by atoms with Crippen molar-refractivity contribution in [2.75, 3.05) is 13.2 Å². The Hall–Kier alpha value is -4.45. The molecule has 0 fully saturated rings. The van der Waals surface area contributed by atoms with Crippen molar-refractivity contribution in [1.82, 2.24) is 0 Å². The molecule has 0 saturated heterocycles. The zero-order chi connectivity index (χ0) is 47.9. The van der Waals surface area contributed by atoms with E-state index in [-0.39, 0.29) is 44.0 Å². The second-order valence-electron chi connectivity index (χ2n) is 16.7. The van der Waals surface area contributed by atoms with Crippen LogP contribution in [0, 0.1) is 0 Å². The highest BCUT2D eigenvalue weighted by atomic mass is 16.6. The minimum Gasteiger partial charge on any atom is -0.462 e. The van der Waals surface area contributed by atoms with Crippen LogP contribution in [-0.4, -0.2) is 37.2 Å². The van der Waals surface area contributed by atoms with Crippen molar-refractivity contribution < 1.29 is 28.6 Å². The van der Waals surface area contributed by atoms with Crippen molar-refractivity contribution >= 4 is 17.9 Å². The molecule has 0 aliphatic carbocycles. The summed E-state index contributed by atoms with van der Waals surface area (Å²) in [6, 6.07) is 0. The molecule has 1 atom stereocenters. The number of carbonyl (C=O) groups excluding carboxylic acids is 3. The van der Waals surface area contributed by atoms with Crippen LogP contribution in [0.1, 0.15) is 207 Å². The van der Waals surface area contributed by atoms with E-state index in [1.54, 1.807) is 0 Å². The molecule has 0 unspecified atom stereocenters. The van der Waals surface area contributed by atoms with Crippen LogP contribution >= 0.6 is 0 Å². The lowest BCUT2D eigenvalue weighted by Crippen LogP contribution is -2.30. The van der Waals surface area contributed by atoms with Crippen molar-refractivity contribution in [2.24, 2.45) is 0 Å². The summed E-state index contributed by atoms with van der Waals surface area (Å²) in [6.07, 6.45) is 74.4. The molecule has 0 rings (SSSR count). The van der Waals surface area contributed by atoms with Gasteiger partial charge in [-0.15, -0.1) is 0 Å². The Balaban J connectivity index is 4.61. The third-order valence-electron chi connectivity index (χ3n) is 10.4. The summed E-state index contributed by atoms with van der Waals surface area (Å²) in [5.41, 5.74) is 0. The molecule has 0 saturated carbocycles. The number of hydrogen-bond donors (Lipinski definition) is 0. The summed E-state index contributed by atoms with van der Waals surface area (Å²) in [7, 11) is 0. The lowest BCUT2D eigenvalue weighted by Gasteiger charge is -2.18. The fourth-order valence-electron chi connectivity index (χ4n) is 6.43. The van der Waals surface area contributed by atoms with Gasteiger partial charge in [0.25, 0.3) is 0 Å². The third-order valence-corrected chi connectivity index (χ3v) is 10.4. The Labute approximate surface area is 405 Å². The van der Waals surface area contributed by atoms with Crippen LogP contribution in [-0.2, 0) is 28.6 Å². The summed E-state index contributed by atoms with van der Waals surface area (Å²) in [6.45, 7) is 6.32. The second-order valence-corrected chi connectivity index (χ2v) is 16.7. The molecular weight excluding hydrogens is 817 g/mol. The molecule has 0 amide bonds. The van der Waals surface area contributed by atoms with Crippen LogP contribution in [0.3, 0.4) is 0 Å². The first-order chi connectivity index (χ1) is 32.5. The van der Waals surface area contributed by atoms with Crippen molar-refractivity contribution in [3.8, 4) is 0 Å². The number of esters is 3. The maximum Gasteiger partial charge on any atom is 0.306 e. The summed E-state index contributed by atoms with van der Waals surface area (Å²) in [5.74, 6) is -1.08. The number of allylic oxidation sites excluding steroid dienone is 22. The summed E-state index contributed by atoms with van der Waals surface area (Å²) >= 11 is 0. The van der Waals surface area contributed by atoms with E-state index in [9.17, 15) is 14.4 Å². The van der Waals surface area contributed by atoms with E-state index in [2.05, 4.69) is 142 Å². The maximum atomic E-state index is 12.8. The highest BCUT2D eigenvalue weighted by molar-refractivity contribution is 5.71. The fraction of sp³-hybridized carbons (Fsp3) is 0.583. The Morgan fingerprint density at radius 3 is 1.09 bits per heavy atom. The summed E-state index contributed by atoms with van der Waals surface area (Å²) in [5, 5.41) is 0. The maximum absolute atomic E-state index is 12.8. The van der Waals surface area contributed by atoms with Gasteiger partial charge < -0.3 is 14.2 Å². The minimum atomic E-state index is -0.839. The molecule has 0 bridgehead atoms. The molecule has 0 N–H and O–H groups in total. The van der Waals surface area contributed by atoms with Crippen molar-refractivity contribution in [3.63, 3.8) is 0 Å². The van der Waals surface area contributed by atoms with Gasteiger partial charge >= 0.3 is 17.9 Å². The molecule has 0 aliphatic rings. The SMILES string of the molecule is CC/C=C\C/C=C\C/C=C\C/C=C\C/C=C\C/C=C\CCC(=O)OC[C@@H](COC(=O)CCCCCCC/C=C\C/C=C\CCCC)OC(=O)CCCC/C=C\C/C=C\C/C=C\CCCCC. The number of rotatable bonds is 45. The van der Waals surface area contributed by atoms with Crippen LogP contribution in [0.2, 0.25) is 0 Å². The predicted octanol–water partition coefficient (Wildman–Crippen LogP) is 17.5. The summed E-state index contributed by atoms with van der Waals surface area (Å²) in [4.78, 5) is 38.0. The first-order valence-electron chi connectivity index (χ1n) is 26.2. The highest BCUT2D eigenvalue weighted by Gasteiger charge is 2.19. The van der Waals surface area contributed by atoms with Crippen LogP contribution < -0.4 is 0 Å². The van der Waals surface area contributed by atoms with Gasteiger partial charge in [-0.2, -0.15) is 0 Å². The molecular formula is C60H94O6. The first-order valence-corrected chi connectivity index (χ1v) is 26.2. The quantitative estimate of drug-likeness (QED) is 0.0262. The number of ether oxygens (including phenoxy) is 3. The Kier molecular flexibility index (Phi) is 49.6. The molecule has 0 spiro atoms. The molecule has 0 aromatic carbocycles. The molecule has 6 nitrogen and oxygen atoms in total. The minimum absolute atomic E-state index is 0.129. The Morgan fingerprint density at radius 2 is 0.636 bits per heavy atom. The number of unbranched alkanes of at least 4 members (excludes halogenated alkanes) is 12. The van der Waals surface area contributed by atoms with Gasteiger partial charge in [0.1, 0.15) is 13.2 Å². The first kappa shape index (κ1) is 61.5. The predicted molar refractivity (Wildman–Crippen MR) is 283 cm³/mol. The number of hydrogen-bond acceptors (Lipinski definition) is 6. The third kappa shape index (κ3) is 50.5. The molecule has 6 heteroatoms. The van der Waals surface area contributed by atoms with E-state index in [1.807, 2.05) is 12.2 Å². The van der Waals surface area contributed by atoms with Crippen molar-refractivity contribution in [1.29, 1.82) is 0 Å². The largest absolute Gasteiger partial charge is 0.462 e. The zero-order valence-electron chi connectivity index (χ0n) is 42.1. The van der Waals surface area contributed by atoms with E-state index < -0.39 is 6.10 Å². The van der Waals surface area contributed by atoms with E-state index in [0.717, 1.165) is 109 Å². The van der Waals surface area contributed by atoms with E-state index in [1.165, 1.54) is 44.9 Å². The molecule has 0 aliphatic heterocycles. The lowest BCUT2D eigenvalue weighted by atomic mass is 10.1. The van der Waals surface area contributed by atoms with E-state index in [4.69, 9.17) is 14.2 Å². The average molecular weight is 911 g/mol. The van der Waals surface area contributed by atoms with Gasteiger partial charge in [0.15, 0.2) is 6.10 Å². The van der Waals surface area contributed by atoms with Gasteiger partial charge in [0.05, 0.1) is 0 Å². The standard InChI is InChI=1S/C60H94O6/c1-4-7-10-13-16-19-22-25-28-29-30-31-33-35-38-41-44-47-50-53-59(62)65-56-57(55-64-58(61)52-49-46-43-40-37-34-27-24-21-18-15-12-9-6-3)66-60(63)54-51-48-45-42-39-36-32-26-23-20-17-14-11-8-5-2/h7,10,15-20,24-28,30-32,35,38-39,42,44,47,57H,4-6,8-9,11-14,21-23,29,33-34,36-37,40-41,43,45-46,48-56H2,1-3H3/b10-7-,18-15-,19-16-,20-17-,27-24-,28-25-,31-30-,32-26-,38-35-,42-39-,47-44-/t57-/m1/s1. The zero-order valence-corrected chi connectivity index (χ0v) is 42.1. The lowest BCUT2D eigenvalue weighted by molar-refractivity contribution is -0.166. The molecule has 370 valence electrons. The Morgan fingerprint density at radius 1 is 0.318 bits per heavy atom. The fourth-order valence-corrected chi connectivity index (χ4v) is 6.43. The van der Waals surface area contributed by atoms with Crippen molar-refractivity contribution in [2.45, 2.75) is 213 Å². The Bertz CT molecular complexity index is 1460. The second kappa shape index (κ2) is 53.2. The van der Waals surface area contributed by atoms with Gasteiger partial charge in [-0.05, 0) is 122 Å². The van der Waals surface area contributed by atoms with Gasteiger partial charge in [0, 0.05) is 19.3 Å². The van der Waals surface area contributed by atoms with E-state index in [0.29, 0.717) is 19.3 Å². The monoisotopic (exact) mass is 911 g/mol. The van der Waals surface area contributed by atoms with Gasteiger partial charge in [-0.3, -0.25) is 14.4 Å². The molecule has 0 heterocycles. The molecule has 0 aromatic rings. The average Bonchev–Trinajstić information content (AvgIpc) is 3.31. The van der Waals surface area contributed by atoms with Gasteiger partial charge in [-0.25, -0.2) is 0 Å². The number of carbonyl (C=O) groups is 3. The summed E-state index contributed by atoms with van der Waals surface area (Å²) < 4.78 is 16.7. The van der Waals surface area contributed by atoms with Crippen LogP contribution in [0.5, 0.6) is 0 Å². The highest BCUT2D eigenvalue weighted by Crippen LogP contribution is 2.11. The van der Waals surface area contributed by atoms with Crippen molar-refractivity contribution in [3.05, 3.63) is 134 Å². The van der Waals surface area contributed by atoms with Crippen LogP contribution in [0.4, 0.5) is 0 Å². The molecule has 0 radical (unpaired) electrons. The normalized spacial score (nSPS) is 13.2. The van der Waals surface area contributed by atoms with E-state index >= 15 is 0 Å². The molecule has 0 aromatic heterocycles. The van der Waals surface area contributed by atoms with Crippen LogP contribution in [0.15, 0.2) is 134 Å². The van der Waals surface area contributed by atoms with Gasteiger partial charge in [0.2, 0.25) is 0 Å².